The fraction of sp³-hybridized carbons (Fsp3) is 0.0769. The van der Waals surface area contributed by atoms with E-state index < -0.39 is 47.4 Å². The van der Waals surface area contributed by atoms with E-state index >= 15 is 0 Å². The first-order chi connectivity index (χ1) is 12.4. The van der Waals surface area contributed by atoms with Crippen molar-refractivity contribution in [3.8, 4) is 0 Å². The van der Waals surface area contributed by atoms with Crippen LogP contribution >= 0.6 is 11.6 Å². The highest BCUT2D eigenvalue weighted by atomic mass is 35.5. The Morgan fingerprint density at radius 3 is 1.81 bits per heavy atom. The molecule has 0 saturated heterocycles. The molecule has 0 aliphatic heterocycles. The predicted molar refractivity (Wildman–Crippen MR) is 94.2 cm³/mol. The van der Waals surface area contributed by atoms with E-state index in [1.54, 1.807) is 0 Å². The van der Waals surface area contributed by atoms with Crippen molar-refractivity contribution >= 4 is 49.9 Å². The third kappa shape index (κ3) is 4.45. The highest BCUT2D eigenvalue weighted by Crippen LogP contribution is 2.40. The Bertz CT molecular complexity index is 1050. The summed E-state index contributed by atoms with van der Waals surface area (Å²) < 4.78 is 23.4. The first-order valence-electron chi connectivity index (χ1n) is 6.79. The number of nitrogens with zero attached hydrogens (tertiary/aromatic N) is 3. The number of nitro groups is 3. The van der Waals surface area contributed by atoms with E-state index in [0.717, 1.165) is 18.4 Å². The van der Waals surface area contributed by atoms with Crippen LogP contribution in [0.25, 0.3) is 0 Å². The van der Waals surface area contributed by atoms with E-state index in [9.17, 15) is 38.8 Å². The van der Waals surface area contributed by atoms with Crippen molar-refractivity contribution in [1.82, 2.24) is 0 Å². The summed E-state index contributed by atoms with van der Waals surface area (Å²) in [4.78, 5) is 30.1. The zero-order chi connectivity index (χ0) is 20.5. The Morgan fingerprint density at radius 2 is 1.41 bits per heavy atom. The van der Waals surface area contributed by atoms with Crippen LogP contribution < -0.4 is 5.32 Å². The average Bonchev–Trinajstić information content (AvgIpc) is 2.52. The third-order valence-electron chi connectivity index (χ3n) is 3.25. The quantitative estimate of drug-likeness (QED) is 0.546. The summed E-state index contributed by atoms with van der Waals surface area (Å²) >= 11 is 5.83. The summed E-state index contributed by atoms with van der Waals surface area (Å²) in [5, 5.41) is 35.7. The van der Waals surface area contributed by atoms with Gasteiger partial charge in [0.1, 0.15) is 0 Å². The standard InChI is InChI=1S/C13H9ClN4O8S/c1-27(25,26)10-3-7(14)2-8(4-10)15-13-11(17(21)22)5-9(16(19)20)6-12(13)18(23)24/h2-6,15H,1H3. The number of hydrogen-bond acceptors (Lipinski definition) is 9. The van der Waals surface area contributed by atoms with Crippen LogP contribution in [0.15, 0.2) is 35.2 Å². The molecule has 0 heterocycles. The summed E-state index contributed by atoms with van der Waals surface area (Å²) in [5.41, 5.74) is -3.46. The highest BCUT2D eigenvalue weighted by molar-refractivity contribution is 7.90. The Balaban J connectivity index is 2.72. The molecule has 0 atom stereocenters. The second-order valence-corrected chi connectivity index (χ2v) is 7.66. The molecular formula is C13H9ClN4O8S. The van der Waals surface area contributed by atoms with Crippen molar-refractivity contribution < 1.29 is 23.2 Å². The van der Waals surface area contributed by atoms with Crippen LogP contribution in [0.4, 0.5) is 28.4 Å². The second-order valence-electron chi connectivity index (χ2n) is 5.20. The lowest BCUT2D eigenvalue weighted by Crippen LogP contribution is -2.04. The van der Waals surface area contributed by atoms with E-state index in [1.807, 2.05) is 0 Å². The molecule has 2 rings (SSSR count). The molecule has 27 heavy (non-hydrogen) atoms. The van der Waals surface area contributed by atoms with Crippen molar-refractivity contribution in [3.05, 3.63) is 65.7 Å². The van der Waals surface area contributed by atoms with Crippen LogP contribution in [0, 0.1) is 30.3 Å². The van der Waals surface area contributed by atoms with Gasteiger partial charge in [0.2, 0.25) is 0 Å². The maximum Gasteiger partial charge on any atom is 0.306 e. The summed E-state index contributed by atoms with van der Waals surface area (Å²) in [6, 6.07) is 4.48. The van der Waals surface area contributed by atoms with Crippen LogP contribution in [-0.4, -0.2) is 29.4 Å². The Hall–Kier alpha value is -3.32. The first kappa shape index (κ1) is 20.0. The van der Waals surface area contributed by atoms with Gasteiger partial charge in [-0.15, -0.1) is 0 Å². The fourth-order valence-electron chi connectivity index (χ4n) is 2.11. The van der Waals surface area contributed by atoms with Crippen molar-refractivity contribution in [2.75, 3.05) is 11.6 Å². The van der Waals surface area contributed by atoms with E-state index in [-0.39, 0.29) is 15.6 Å². The number of rotatable bonds is 6. The largest absolute Gasteiger partial charge is 0.344 e. The van der Waals surface area contributed by atoms with Gasteiger partial charge >= 0.3 is 11.4 Å². The Labute approximate surface area is 155 Å². The van der Waals surface area contributed by atoms with Gasteiger partial charge in [0, 0.05) is 17.0 Å². The van der Waals surface area contributed by atoms with Gasteiger partial charge in [0.25, 0.3) is 5.69 Å². The normalized spacial score (nSPS) is 11.0. The number of hydrogen-bond donors (Lipinski definition) is 1. The van der Waals surface area contributed by atoms with E-state index in [4.69, 9.17) is 11.6 Å². The lowest BCUT2D eigenvalue weighted by atomic mass is 10.2. The number of anilines is 2. The van der Waals surface area contributed by atoms with Crippen LogP contribution in [0.3, 0.4) is 0 Å². The van der Waals surface area contributed by atoms with E-state index in [2.05, 4.69) is 5.32 Å². The molecule has 0 unspecified atom stereocenters. The van der Waals surface area contributed by atoms with Crippen molar-refractivity contribution in [3.63, 3.8) is 0 Å². The van der Waals surface area contributed by atoms with Crippen LogP contribution in [-0.2, 0) is 9.84 Å². The average molecular weight is 417 g/mol. The number of nitro benzene ring substituents is 3. The first-order valence-corrected chi connectivity index (χ1v) is 9.06. The Kier molecular flexibility index (Phi) is 5.28. The molecular weight excluding hydrogens is 408 g/mol. The van der Waals surface area contributed by atoms with Crippen LogP contribution in [0.5, 0.6) is 0 Å². The predicted octanol–water partition coefficient (Wildman–Crippen LogP) is 3.21. The number of nitrogens with one attached hydrogen (secondary N) is 1. The molecule has 0 fully saturated rings. The summed E-state index contributed by atoms with van der Waals surface area (Å²) in [5.74, 6) is 0. The third-order valence-corrected chi connectivity index (χ3v) is 4.56. The van der Waals surface area contributed by atoms with E-state index in [0.29, 0.717) is 12.1 Å². The van der Waals surface area contributed by atoms with Gasteiger partial charge < -0.3 is 5.32 Å². The summed E-state index contributed by atoms with van der Waals surface area (Å²) in [7, 11) is -3.69. The molecule has 0 spiro atoms. The lowest BCUT2D eigenvalue weighted by molar-refractivity contribution is -0.401. The monoisotopic (exact) mass is 416 g/mol. The van der Waals surface area contributed by atoms with Crippen LogP contribution in [0.1, 0.15) is 0 Å². The van der Waals surface area contributed by atoms with Crippen molar-refractivity contribution in [2.24, 2.45) is 0 Å². The minimum atomic E-state index is -3.69. The van der Waals surface area contributed by atoms with Gasteiger partial charge in [-0.05, 0) is 18.2 Å². The SMILES string of the molecule is CS(=O)(=O)c1cc(Cl)cc(Nc2c([N+](=O)[O-])cc([N+](=O)[O-])cc2[N+](=O)[O-])c1. The van der Waals surface area contributed by atoms with Crippen molar-refractivity contribution in [1.29, 1.82) is 0 Å². The van der Waals surface area contributed by atoms with Crippen LogP contribution in [0.2, 0.25) is 5.02 Å². The van der Waals surface area contributed by atoms with Gasteiger partial charge in [-0.1, -0.05) is 11.6 Å². The fourth-order valence-corrected chi connectivity index (χ4v) is 3.09. The molecule has 0 bridgehead atoms. The molecule has 2 aromatic rings. The molecule has 2 aromatic carbocycles. The topological polar surface area (TPSA) is 176 Å². The molecule has 12 nitrogen and oxygen atoms in total. The maximum absolute atomic E-state index is 11.7. The van der Waals surface area contributed by atoms with E-state index in [1.165, 1.54) is 6.07 Å². The minimum Gasteiger partial charge on any atom is -0.344 e. The molecule has 0 aliphatic rings. The minimum absolute atomic E-state index is 0.0485. The highest BCUT2D eigenvalue weighted by Gasteiger charge is 2.31. The van der Waals surface area contributed by atoms with Gasteiger partial charge in [0.05, 0.1) is 31.8 Å². The number of non-ortho nitro benzene ring substituents is 1. The van der Waals surface area contributed by atoms with Gasteiger partial charge in [-0.3, -0.25) is 30.3 Å². The number of halogens is 1. The molecule has 0 amide bonds. The molecule has 0 saturated carbocycles. The summed E-state index contributed by atoms with van der Waals surface area (Å²) in [6.45, 7) is 0. The molecule has 142 valence electrons. The van der Waals surface area contributed by atoms with Crippen molar-refractivity contribution in [2.45, 2.75) is 4.90 Å². The lowest BCUT2D eigenvalue weighted by Gasteiger charge is -2.10. The Morgan fingerprint density at radius 1 is 0.889 bits per heavy atom. The van der Waals surface area contributed by atoms with Gasteiger partial charge in [0.15, 0.2) is 15.5 Å². The van der Waals surface area contributed by atoms with Gasteiger partial charge in [-0.25, -0.2) is 8.42 Å². The number of benzene rings is 2. The molecule has 0 aromatic heterocycles. The van der Waals surface area contributed by atoms with Gasteiger partial charge in [-0.2, -0.15) is 0 Å². The molecule has 14 heteroatoms. The smallest absolute Gasteiger partial charge is 0.306 e. The molecule has 0 radical (unpaired) electrons. The second kappa shape index (κ2) is 7.13. The maximum atomic E-state index is 11.7. The molecule has 1 N–H and O–H groups in total. The zero-order valence-electron chi connectivity index (χ0n) is 13.3. The molecule has 0 aliphatic carbocycles. The summed E-state index contributed by atoms with van der Waals surface area (Å²) in [6.07, 6.45) is 0.902. The zero-order valence-corrected chi connectivity index (χ0v) is 14.9. The number of sulfone groups is 1.